The van der Waals surface area contributed by atoms with Gasteiger partial charge in [-0.15, -0.1) is 0 Å². The van der Waals surface area contributed by atoms with E-state index in [0.29, 0.717) is 18.9 Å². The van der Waals surface area contributed by atoms with Crippen molar-refractivity contribution >= 4 is 5.78 Å². The van der Waals surface area contributed by atoms with Gasteiger partial charge in [0.05, 0.1) is 0 Å². The molecule has 0 aromatic carbocycles. The van der Waals surface area contributed by atoms with Crippen LogP contribution in [0.5, 0.6) is 0 Å². The maximum absolute atomic E-state index is 12.1. The third-order valence-electron chi connectivity index (χ3n) is 3.83. The van der Waals surface area contributed by atoms with Crippen LogP contribution in [0.3, 0.4) is 0 Å². The molecule has 0 saturated carbocycles. The first-order valence-electron chi connectivity index (χ1n) is 7.60. The fourth-order valence-corrected chi connectivity index (χ4v) is 2.80. The number of fused-ring (bicyclic) bond motifs is 1. The molecule has 110 valence electrons. The summed E-state index contributed by atoms with van der Waals surface area (Å²) in [6.07, 6.45) is 3.42. The molecule has 1 N–H and O–H groups in total. The molecule has 1 heterocycles. The topological polar surface area (TPSA) is 51.1 Å². The summed E-state index contributed by atoms with van der Waals surface area (Å²) in [5, 5.41) is 3.38. The van der Waals surface area contributed by atoms with E-state index in [0.717, 1.165) is 43.6 Å². The highest BCUT2D eigenvalue weighted by Crippen LogP contribution is 2.20. The van der Waals surface area contributed by atoms with Crippen LogP contribution in [-0.2, 0) is 13.0 Å². The van der Waals surface area contributed by atoms with Gasteiger partial charge in [0.2, 0.25) is 0 Å². The average Bonchev–Trinajstić information content (AvgIpc) is 2.43. The number of hydrogen-bond acceptors (Lipinski definition) is 3. The monoisotopic (exact) mass is 276 g/mol. The van der Waals surface area contributed by atoms with Gasteiger partial charge in [-0.3, -0.25) is 9.59 Å². The van der Waals surface area contributed by atoms with E-state index in [1.165, 1.54) is 6.07 Å². The number of Topliss-reactive ketones (excluding diaryl/α,β-unsaturated/α-hetero) is 1. The molecule has 4 heteroatoms. The van der Waals surface area contributed by atoms with E-state index >= 15 is 0 Å². The quantitative estimate of drug-likeness (QED) is 0.809. The molecular formula is C16H24N2O2. The minimum absolute atomic E-state index is 0.0146. The molecule has 0 aliphatic heterocycles. The van der Waals surface area contributed by atoms with Crippen LogP contribution in [0.15, 0.2) is 16.9 Å². The fourth-order valence-electron chi connectivity index (χ4n) is 2.80. The van der Waals surface area contributed by atoms with Gasteiger partial charge in [-0.1, -0.05) is 13.8 Å². The molecule has 1 aromatic rings. The molecule has 1 unspecified atom stereocenters. The van der Waals surface area contributed by atoms with Crippen LogP contribution >= 0.6 is 0 Å². The van der Waals surface area contributed by atoms with Crippen LogP contribution in [0.2, 0.25) is 0 Å². The summed E-state index contributed by atoms with van der Waals surface area (Å²) in [4.78, 5) is 24.0. The lowest BCUT2D eigenvalue weighted by Crippen LogP contribution is -2.32. The maximum Gasteiger partial charge on any atom is 0.250 e. The van der Waals surface area contributed by atoms with Gasteiger partial charge in [-0.05, 0) is 44.3 Å². The van der Waals surface area contributed by atoms with Crippen molar-refractivity contribution in [3.05, 3.63) is 33.7 Å². The number of ketones is 1. The molecule has 1 atom stereocenters. The number of nitrogens with zero attached hydrogens (tertiary/aromatic N) is 1. The minimum Gasteiger partial charge on any atom is -0.316 e. The van der Waals surface area contributed by atoms with E-state index in [1.54, 1.807) is 6.07 Å². The van der Waals surface area contributed by atoms with Gasteiger partial charge in [0.25, 0.3) is 5.56 Å². The predicted molar refractivity (Wildman–Crippen MR) is 80.3 cm³/mol. The van der Waals surface area contributed by atoms with Crippen LogP contribution in [0, 0.1) is 5.92 Å². The Morgan fingerprint density at radius 2 is 2.10 bits per heavy atom. The number of carbonyl (C=O) groups is 1. The number of pyridine rings is 1. The Hall–Kier alpha value is -1.42. The summed E-state index contributed by atoms with van der Waals surface area (Å²) >= 11 is 0. The second-order valence-electron chi connectivity index (χ2n) is 5.73. The first kappa shape index (κ1) is 15.0. The average molecular weight is 276 g/mol. The Bertz CT molecular complexity index is 534. The molecule has 1 aliphatic rings. The van der Waals surface area contributed by atoms with E-state index in [2.05, 4.69) is 19.2 Å². The van der Waals surface area contributed by atoms with Gasteiger partial charge in [-0.25, -0.2) is 0 Å². The molecule has 0 radical (unpaired) electrons. The zero-order valence-corrected chi connectivity index (χ0v) is 12.4. The van der Waals surface area contributed by atoms with Crippen molar-refractivity contribution in [2.45, 2.75) is 46.1 Å². The molecule has 0 saturated heterocycles. The second kappa shape index (κ2) is 6.84. The number of carbonyl (C=O) groups excluding carboxylic acids is 1. The highest BCUT2D eigenvalue weighted by Gasteiger charge is 2.21. The van der Waals surface area contributed by atoms with Crippen LogP contribution < -0.4 is 10.9 Å². The molecule has 0 fully saturated rings. The molecule has 2 rings (SSSR count). The third kappa shape index (κ3) is 3.37. The lowest BCUT2D eigenvalue weighted by atomic mass is 9.94. The van der Waals surface area contributed by atoms with Crippen molar-refractivity contribution in [2.75, 3.05) is 13.1 Å². The largest absolute Gasteiger partial charge is 0.316 e. The summed E-state index contributed by atoms with van der Waals surface area (Å²) < 4.78 is 1.81. The Labute approximate surface area is 120 Å². The van der Waals surface area contributed by atoms with Crippen LogP contribution in [0.1, 0.15) is 49.2 Å². The van der Waals surface area contributed by atoms with Crippen molar-refractivity contribution in [2.24, 2.45) is 5.92 Å². The standard InChI is InChI=1S/C16H24N2O2/c1-3-9-17-10-12(2)11-18-14-5-4-6-15(19)13(14)7-8-16(18)20/h7-8,12,17H,3-6,9-11H2,1-2H3. The highest BCUT2D eigenvalue weighted by molar-refractivity contribution is 5.97. The van der Waals surface area contributed by atoms with Gasteiger partial charge in [0, 0.05) is 30.3 Å². The normalized spacial score (nSPS) is 16.0. The summed E-state index contributed by atoms with van der Waals surface area (Å²) in [7, 11) is 0. The number of rotatable bonds is 6. The lowest BCUT2D eigenvalue weighted by Gasteiger charge is -2.22. The van der Waals surface area contributed by atoms with Crippen molar-refractivity contribution < 1.29 is 4.79 Å². The van der Waals surface area contributed by atoms with Crippen molar-refractivity contribution in [3.63, 3.8) is 0 Å². The summed E-state index contributed by atoms with van der Waals surface area (Å²) in [5.74, 6) is 0.555. The summed E-state index contributed by atoms with van der Waals surface area (Å²) in [6, 6.07) is 3.24. The van der Waals surface area contributed by atoms with Gasteiger partial charge in [0.1, 0.15) is 0 Å². The lowest BCUT2D eigenvalue weighted by molar-refractivity contribution is 0.0970. The van der Waals surface area contributed by atoms with Crippen LogP contribution in [-0.4, -0.2) is 23.4 Å². The Balaban J connectivity index is 2.17. The second-order valence-corrected chi connectivity index (χ2v) is 5.73. The summed E-state index contributed by atoms with van der Waals surface area (Å²) in [5.41, 5.74) is 1.71. The van der Waals surface area contributed by atoms with Gasteiger partial charge < -0.3 is 9.88 Å². The van der Waals surface area contributed by atoms with Gasteiger partial charge in [0.15, 0.2) is 5.78 Å². The molecule has 4 nitrogen and oxygen atoms in total. The zero-order valence-electron chi connectivity index (χ0n) is 12.4. The SMILES string of the molecule is CCCNCC(C)Cn1c2c(ccc1=O)C(=O)CCC2. The van der Waals surface area contributed by atoms with Crippen LogP contribution in [0.25, 0.3) is 0 Å². The molecule has 0 spiro atoms. The number of aromatic nitrogens is 1. The molecular weight excluding hydrogens is 252 g/mol. The molecule has 20 heavy (non-hydrogen) atoms. The van der Waals surface area contributed by atoms with E-state index < -0.39 is 0 Å². The fraction of sp³-hybridized carbons (Fsp3) is 0.625. The van der Waals surface area contributed by atoms with Crippen molar-refractivity contribution in [1.29, 1.82) is 0 Å². The smallest absolute Gasteiger partial charge is 0.250 e. The zero-order chi connectivity index (χ0) is 14.5. The Kier molecular flexibility index (Phi) is 5.12. The first-order valence-corrected chi connectivity index (χ1v) is 7.60. The molecule has 1 aromatic heterocycles. The Morgan fingerprint density at radius 1 is 1.30 bits per heavy atom. The van der Waals surface area contributed by atoms with Gasteiger partial charge >= 0.3 is 0 Å². The predicted octanol–water partition coefficient (Wildman–Crippen LogP) is 2.00. The minimum atomic E-state index is 0.0146. The van der Waals surface area contributed by atoms with E-state index in [9.17, 15) is 9.59 Å². The van der Waals surface area contributed by atoms with Crippen molar-refractivity contribution in [3.8, 4) is 0 Å². The summed E-state index contributed by atoms with van der Waals surface area (Å²) in [6.45, 7) is 6.87. The van der Waals surface area contributed by atoms with Gasteiger partial charge in [-0.2, -0.15) is 0 Å². The Morgan fingerprint density at radius 3 is 2.85 bits per heavy atom. The highest BCUT2D eigenvalue weighted by atomic mass is 16.1. The van der Waals surface area contributed by atoms with Crippen LogP contribution in [0.4, 0.5) is 0 Å². The molecule has 0 amide bonds. The maximum atomic E-state index is 12.1. The van der Waals surface area contributed by atoms with E-state index in [4.69, 9.17) is 0 Å². The van der Waals surface area contributed by atoms with E-state index in [1.807, 2.05) is 4.57 Å². The van der Waals surface area contributed by atoms with Crippen molar-refractivity contribution in [1.82, 2.24) is 9.88 Å². The van der Waals surface area contributed by atoms with E-state index in [-0.39, 0.29) is 11.3 Å². The molecule has 0 bridgehead atoms. The first-order chi connectivity index (χ1) is 9.63. The number of hydrogen-bond donors (Lipinski definition) is 1. The number of nitrogens with one attached hydrogen (secondary N) is 1. The third-order valence-corrected chi connectivity index (χ3v) is 3.83. The molecule has 1 aliphatic carbocycles.